The molecule has 0 saturated heterocycles. The third-order valence-corrected chi connectivity index (χ3v) is 2.89. The molecule has 0 aromatic carbocycles. The van der Waals surface area contributed by atoms with Crippen LogP contribution in [0, 0.1) is 0 Å². The van der Waals surface area contributed by atoms with Crippen LogP contribution >= 0.6 is 10.7 Å². The van der Waals surface area contributed by atoms with Gasteiger partial charge >= 0.3 is 0 Å². The largest absolute Gasteiger partial charge is 0.383 e. The van der Waals surface area contributed by atoms with Gasteiger partial charge in [-0.15, -0.1) is 0 Å². The third-order valence-electron chi connectivity index (χ3n) is 0.882. The highest BCUT2D eigenvalue weighted by Gasteiger charge is 2.16. The summed E-state index contributed by atoms with van der Waals surface area (Å²) in [5, 5.41) is -0.621. The standard InChI is InChI=1S/C4H9ClO3S/c1-4(3-8-2)9(5,6)7/h4H,3H2,1-2H3. The Bertz CT molecular complexity index is 163. The van der Waals surface area contributed by atoms with Crippen LogP contribution < -0.4 is 0 Å². The van der Waals surface area contributed by atoms with E-state index in [1.165, 1.54) is 14.0 Å². The zero-order chi connectivity index (χ0) is 7.49. The summed E-state index contributed by atoms with van der Waals surface area (Å²) in [5.74, 6) is 0. The lowest BCUT2D eigenvalue weighted by molar-refractivity contribution is 0.201. The molecule has 56 valence electrons. The fraction of sp³-hybridized carbons (Fsp3) is 1.00. The van der Waals surface area contributed by atoms with Crippen molar-refractivity contribution in [1.82, 2.24) is 0 Å². The van der Waals surface area contributed by atoms with Gasteiger partial charge < -0.3 is 4.74 Å². The Morgan fingerprint density at radius 2 is 2.11 bits per heavy atom. The van der Waals surface area contributed by atoms with E-state index in [9.17, 15) is 8.42 Å². The minimum Gasteiger partial charge on any atom is -0.383 e. The first-order valence-corrected chi connectivity index (χ1v) is 4.78. The molecule has 0 aliphatic rings. The van der Waals surface area contributed by atoms with Crippen LogP contribution in [0.3, 0.4) is 0 Å². The predicted octanol–water partition coefficient (Wildman–Crippen LogP) is 0.590. The molecule has 0 saturated carbocycles. The molecule has 1 unspecified atom stereocenters. The van der Waals surface area contributed by atoms with Crippen LogP contribution in [-0.4, -0.2) is 27.4 Å². The fourth-order valence-electron chi connectivity index (χ4n) is 0.316. The number of halogens is 1. The van der Waals surface area contributed by atoms with E-state index in [0.29, 0.717) is 0 Å². The molecule has 0 bridgehead atoms. The summed E-state index contributed by atoms with van der Waals surface area (Å²) in [7, 11) is 2.97. The monoisotopic (exact) mass is 172 g/mol. The SMILES string of the molecule is COCC(C)S(=O)(=O)Cl. The van der Waals surface area contributed by atoms with Gasteiger partial charge in [0.25, 0.3) is 0 Å². The highest BCUT2D eigenvalue weighted by Crippen LogP contribution is 2.05. The van der Waals surface area contributed by atoms with Gasteiger partial charge in [0.05, 0.1) is 11.9 Å². The summed E-state index contributed by atoms with van der Waals surface area (Å²) in [6.45, 7) is 1.64. The number of ether oxygens (including phenoxy) is 1. The lowest BCUT2D eigenvalue weighted by atomic mass is 10.5. The molecule has 0 N–H and O–H groups in total. The molecule has 0 aromatic heterocycles. The molecule has 0 aliphatic carbocycles. The van der Waals surface area contributed by atoms with Crippen molar-refractivity contribution >= 4 is 19.7 Å². The number of methoxy groups -OCH3 is 1. The van der Waals surface area contributed by atoms with E-state index in [-0.39, 0.29) is 6.61 Å². The molecule has 9 heavy (non-hydrogen) atoms. The summed E-state index contributed by atoms with van der Waals surface area (Å²) < 4.78 is 25.4. The van der Waals surface area contributed by atoms with E-state index in [1.54, 1.807) is 0 Å². The highest BCUT2D eigenvalue weighted by atomic mass is 35.7. The summed E-state index contributed by atoms with van der Waals surface area (Å²) in [6.07, 6.45) is 0. The number of hydrogen-bond donors (Lipinski definition) is 0. The van der Waals surface area contributed by atoms with Crippen LogP contribution in [0.1, 0.15) is 6.92 Å². The molecule has 0 fully saturated rings. The maximum atomic E-state index is 10.4. The Morgan fingerprint density at radius 1 is 1.67 bits per heavy atom. The second-order valence-corrected chi connectivity index (χ2v) is 4.79. The lowest BCUT2D eigenvalue weighted by Gasteiger charge is -2.03. The molecule has 0 radical (unpaired) electrons. The van der Waals surface area contributed by atoms with Gasteiger partial charge in [-0.05, 0) is 6.92 Å². The second-order valence-electron chi connectivity index (χ2n) is 1.74. The smallest absolute Gasteiger partial charge is 0.237 e. The van der Waals surface area contributed by atoms with Gasteiger partial charge in [0, 0.05) is 17.8 Å². The second kappa shape index (κ2) is 3.39. The maximum Gasteiger partial charge on any atom is 0.237 e. The molecular weight excluding hydrogens is 164 g/mol. The Kier molecular flexibility index (Phi) is 3.46. The molecule has 5 heteroatoms. The molecule has 0 rings (SSSR count). The zero-order valence-electron chi connectivity index (χ0n) is 5.30. The number of hydrogen-bond acceptors (Lipinski definition) is 3. The predicted molar refractivity (Wildman–Crippen MR) is 36.1 cm³/mol. The van der Waals surface area contributed by atoms with Crippen LogP contribution in [0.25, 0.3) is 0 Å². The van der Waals surface area contributed by atoms with Gasteiger partial charge in [-0.3, -0.25) is 0 Å². The molecule has 0 aliphatic heterocycles. The van der Waals surface area contributed by atoms with E-state index in [2.05, 4.69) is 4.74 Å². The van der Waals surface area contributed by atoms with E-state index >= 15 is 0 Å². The summed E-state index contributed by atoms with van der Waals surface area (Å²) in [6, 6.07) is 0. The average molecular weight is 173 g/mol. The highest BCUT2D eigenvalue weighted by molar-refractivity contribution is 8.14. The van der Waals surface area contributed by atoms with Crippen molar-refractivity contribution in [3.63, 3.8) is 0 Å². The molecular formula is C4H9ClO3S. The molecule has 0 aromatic rings. The van der Waals surface area contributed by atoms with Crippen molar-refractivity contribution in [3.05, 3.63) is 0 Å². The van der Waals surface area contributed by atoms with Crippen molar-refractivity contribution in [3.8, 4) is 0 Å². The first-order chi connectivity index (χ1) is 3.98. The summed E-state index contributed by atoms with van der Waals surface area (Å²) in [4.78, 5) is 0. The lowest BCUT2D eigenvalue weighted by Crippen LogP contribution is -2.17. The van der Waals surface area contributed by atoms with E-state index in [1.807, 2.05) is 0 Å². The third kappa shape index (κ3) is 3.72. The van der Waals surface area contributed by atoms with Crippen LogP contribution in [0.2, 0.25) is 0 Å². The Morgan fingerprint density at radius 3 is 2.22 bits per heavy atom. The molecule has 0 spiro atoms. The summed E-state index contributed by atoms with van der Waals surface area (Å²) in [5.41, 5.74) is 0. The van der Waals surface area contributed by atoms with Crippen LogP contribution in [-0.2, 0) is 13.8 Å². The van der Waals surface area contributed by atoms with Crippen molar-refractivity contribution in [2.24, 2.45) is 0 Å². The fourth-order valence-corrected chi connectivity index (χ4v) is 0.769. The van der Waals surface area contributed by atoms with Gasteiger partial charge in [-0.1, -0.05) is 0 Å². The Balaban J connectivity index is 3.90. The Hall–Kier alpha value is 0.200. The first kappa shape index (κ1) is 9.20. The van der Waals surface area contributed by atoms with E-state index in [4.69, 9.17) is 10.7 Å². The van der Waals surface area contributed by atoms with Crippen LogP contribution in [0.5, 0.6) is 0 Å². The molecule has 3 nitrogen and oxygen atoms in total. The molecule has 0 amide bonds. The normalized spacial score (nSPS) is 15.4. The van der Waals surface area contributed by atoms with E-state index in [0.717, 1.165) is 0 Å². The first-order valence-electron chi connectivity index (χ1n) is 2.41. The quantitative estimate of drug-likeness (QED) is 0.586. The van der Waals surface area contributed by atoms with Crippen LogP contribution in [0.15, 0.2) is 0 Å². The van der Waals surface area contributed by atoms with Crippen molar-refractivity contribution in [2.45, 2.75) is 12.2 Å². The van der Waals surface area contributed by atoms with Crippen molar-refractivity contribution in [2.75, 3.05) is 13.7 Å². The van der Waals surface area contributed by atoms with Gasteiger partial charge in [0.2, 0.25) is 9.05 Å². The summed E-state index contributed by atoms with van der Waals surface area (Å²) >= 11 is 0. The van der Waals surface area contributed by atoms with Gasteiger partial charge in [0.1, 0.15) is 0 Å². The maximum absolute atomic E-state index is 10.4. The average Bonchev–Trinajstić information content (AvgIpc) is 1.64. The van der Waals surface area contributed by atoms with Crippen molar-refractivity contribution in [1.29, 1.82) is 0 Å². The Labute approximate surface area is 59.4 Å². The number of rotatable bonds is 3. The molecule has 1 atom stereocenters. The van der Waals surface area contributed by atoms with Crippen molar-refractivity contribution < 1.29 is 13.2 Å². The minimum atomic E-state index is -3.42. The minimum absolute atomic E-state index is 0.145. The topological polar surface area (TPSA) is 43.4 Å². The zero-order valence-corrected chi connectivity index (χ0v) is 6.87. The van der Waals surface area contributed by atoms with Gasteiger partial charge in [-0.2, -0.15) is 0 Å². The van der Waals surface area contributed by atoms with E-state index < -0.39 is 14.3 Å². The van der Waals surface area contributed by atoms with Gasteiger partial charge in [-0.25, -0.2) is 8.42 Å². The van der Waals surface area contributed by atoms with Crippen LogP contribution in [0.4, 0.5) is 0 Å². The van der Waals surface area contributed by atoms with Gasteiger partial charge in [0.15, 0.2) is 0 Å². The molecule has 0 heterocycles.